The Bertz CT molecular complexity index is 1140. The number of nitrogens with one attached hydrogen (secondary N) is 2. The summed E-state index contributed by atoms with van der Waals surface area (Å²) < 4.78 is 10.8. The molecule has 0 bridgehead atoms. The van der Waals surface area contributed by atoms with E-state index in [1.165, 1.54) is 0 Å². The summed E-state index contributed by atoms with van der Waals surface area (Å²) in [5.74, 6) is 2.76. The predicted molar refractivity (Wildman–Crippen MR) is 126 cm³/mol. The summed E-state index contributed by atoms with van der Waals surface area (Å²) >= 11 is 11.8. The first-order valence-corrected chi connectivity index (χ1v) is 10.2. The number of hydrogen-bond acceptors (Lipinski definition) is 4. The molecule has 0 atom stereocenters. The minimum atomic E-state index is -0.352. The van der Waals surface area contributed by atoms with Gasteiger partial charge >= 0.3 is 0 Å². The second-order valence-electron chi connectivity index (χ2n) is 6.49. The molecule has 3 aromatic rings. The van der Waals surface area contributed by atoms with Crippen molar-refractivity contribution in [3.63, 3.8) is 0 Å². The standard InChI is InChI=1S/C24H18Cl2N2O4/c1-2-16-13-21(11-12-22(16)26)32-15-24(30)28-19-7-5-18(6-8-19)27-23(29)14-31-20-9-3-17(25)4-10-20/h1,3-13H,14-15H2,(H,27,29)(H,28,30). The molecule has 162 valence electrons. The summed E-state index contributed by atoms with van der Waals surface area (Å²) in [6.45, 7) is -0.351. The average molecular weight is 469 g/mol. The fourth-order valence-corrected chi connectivity index (χ4v) is 2.86. The number of ether oxygens (including phenoxy) is 2. The molecular weight excluding hydrogens is 451 g/mol. The number of terminal acetylenes is 1. The molecule has 0 unspecified atom stereocenters. The lowest BCUT2D eigenvalue weighted by molar-refractivity contribution is -0.118. The predicted octanol–water partition coefficient (Wildman–Crippen LogP) is 5.01. The van der Waals surface area contributed by atoms with Crippen molar-refractivity contribution < 1.29 is 19.1 Å². The van der Waals surface area contributed by atoms with Crippen molar-refractivity contribution in [3.8, 4) is 23.8 Å². The Morgan fingerprint density at radius 3 is 1.81 bits per heavy atom. The summed E-state index contributed by atoms with van der Waals surface area (Å²) in [5.41, 5.74) is 1.60. The number of hydrogen-bond donors (Lipinski definition) is 2. The normalized spacial score (nSPS) is 10.0. The number of amides is 2. The molecule has 0 fully saturated rings. The topological polar surface area (TPSA) is 76.7 Å². The van der Waals surface area contributed by atoms with Crippen molar-refractivity contribution in [1.82, 2.24) is 0 Å². The first-order chi connectivity index (χ1) is 15.4. The molecule has 32 heavy (non-hydrogen) atoms. The van der Waals surface area contributed by atoms with E-state index in [0.717, 1.165) is 0 Å². The molecule has 2 amide bonds. The quantitative estimate of drug-likeness (QED) is 0.455. The smallest absolute Gasteiger partial charge is 0.262 e. The van der Waals surface area contributed by atoms with Crippen LogP contribution in [-0.4, -0.2) is 25.0 Å². The Morgan fingerprint density at radius 1 is 0.781 bits per heavy atom. The second kappa shape index (κ2) is 11.1. The van der Waals surface area contributed by atoms with Crippen molar-refractivity contribution in [2.75, 3.05) is 23.8 Å². The van der Waals surface area contributed by atoms with Crippen LogP contribution in [0.2, 0.25) is 10.0 Å². The lowest BCUT2D eigenvalue weighted by Crippen LogP contribution is -2.21. The van der Waals surface area contributed by atoms with Crippen LogP contribution in [0.25, 0.3) is 0 Å². The summed E-state index contributed by atoms with van der Waals surface area (Å²) in [5, 5.41) is 6.44. The maximum absolute atomic E-state index is 12.1. The fraction of sp³-hybridized carbons (Fsp3) is 0.0833. The zero-order valence-corrected chi connectivity index (χ0v) is 18.2. The molecule has 3 aromatic carbocycles. The molecule has 6 nitrogen and oxygen atoms in total. The molecule has 0 aliphatic rings. The van der Waals surface area contributed by atoms with Gasteiger partial charge in [-0.3, -0.25) is 9.59 Å². The van der Waals surface area contributed by atoms with Gasteiger partial charge in [0.2, 0.25) is 0 Å². The van der Waals surface area contributed by atoms with Crippen LogP contribution in [0.4, 0.5) is 11.4 Å². The molecule has 0 heterocycles. The largest absolute Gasteiger partial charge is 0.484 e. The number of halogens is 2. The Kier molecular flexibility index (Phi) is 7.98. The van der Waals surface area contributed by atoms with Crippen molar-refractivity contribution in [3.05, 3.63) is 82.3 Å². The van der Waals surface area contributed by atoms with Gasteiger partial charge in [-0.15, -0.1) is 6.42 Å². The van der Waals surface area contributed by atoms with E-state index in [0.29, 0.717) is 38.5 Å². The van der Waals surface area contributed by atoms with E-state index < -0.39 is 0 Å². The van der Waals surface area contributed by atoms with E-state index >= 15 is 0 Å². The van der Waals surface area contributed by atoms with Gasteiger partial charge in [0.05, 0.1) is 5.02 Å². The van der Waals surface area contributed by atoms with E-state index in [-0.39, 0.29) is 25.0 Å². The molecule has 0 saturated carbocycles. The number of rotatable bonds is 8. The van der Waals surface area contributed by atoms with Crippen molar-refractivity contribution in [2.24, 2.45) is 0 Å². The molecule has 0 radical (unpaired) electrons. The summed E-state index contributed by atoms with van der Waals surface area (Å²) in [6, 6.07) is 18.2. The summed E-state index contributed by atoms with van der Waals surface area (Å²) in [7, 11) is 0. The maximum atomic E-state index is 12.1. The lowest BCUT2D eigenvalue weighted by Gasteiger charge is -2.10. The second-order valence-corrected chi connectivity index (χ2v) is 7.33. The minimum Gasteiger partial charge on any atom is -0.484 e. The SMILES string of the molecule is C#Cc1cc(OCC(=O)Nc2ccc(NC(=O)COc3ccc(Cl)cc3)cc2)ccc1Cl. The van der Waals surface area contributed by atoms with E-state index in [2.05, 4.69) is 16.6 Å². The lowest BCUT2D eigenvalue weighted by atomic mass is 10.2. The van der Waals surface area contributed by atoms with Crippen LogP contribution in [-0.2, 0) is 9.59 Å². The van der Waals surface area contributed by atoms with Gasteiger partial charge in [0.15, 0.2) is 13.2 Å². The van der Waals surface area contributed by atoms with Gasteiger partial charge in [0.25, 0.3) is 11.8 Å². The van der Waals surface area contributed by atoms with Crippen LogP contribution in [0.15, 0.2) is 66.7 Å². The van der Waals surface area contributed by atoms with Gasteiger partial charge in [-0.25, -0.2) is 0 Å². The van der Waals surface area contributed by atoms with Crippen LogP contribution in [0, 0.1) is 12.3 Å². The van der Waals surface area contributed by atoms with Crippen molar-refractivity contribution in [2.45, 2.75) is 0 Å². The highest BCUT2D eigenvalue weighted by atomic mass is 35.5. The molecule has 0 spiro atoms. The highest BCUT2D eigenvalue weighted by Gasteiger charge is 2.07. The molecular formula is C24H18Cl2N2O4. The van der Waals surface area contributed by atoms with Gasteiger partial charge in [0, 0.05) is 22.0 Å². The van der Waals surface area contributed by atoms with Crippen LogP contribution < -0.4 is 20.1 Å². The van der Waals surface area contributed by atoms with E-state index in [4.69, 9.17) is 39.1 Å². The van der Waals surface area contributed by atoms with E-state index in [1.807, 2.05) is 0 Å². The molecule has 0 aromatic heterocycles. The zero-order valence-electron chi connectivity index (χ0n) is 16.7. The molecule has 0 saturated heterocycles. The molecule has 2 N–H and O–H groups in total. The van der Waals surface area contributed by atoms with Crippen LogP contribution in [0.3, 0.4) is 0 Å². The van der Waals surface area contributed by atoms with Gasteiger partial charge in [-0.05, 0) is 66.7 Å². The molecule has 3 rings (SSSR count). The number of benzene rings is 3. The van der Waals surface area contributed by atoms with Crippen molar-refractivity contribution >= 4 is 46.4 Å². The van der Waals surface area contributed by atoms with Crippen molar-refractivity contribution in [1.29, 1.82) is 0 Å². The number of carbonyl (C=O) groups excluding carboxylic acids is 2. The van der Waals surface area contributed by atoms with E-state index in [1.54, 1.807) is 66.7 Å². The van der Waals surface area contributed by atoms with Crippen LogP contribution in [0.1, 0.15) is 5.56 Å². The van der Waals surface area contributed by atoms with Gasteiger partial charge in [-0.1, -0.05) is 29.1 Å². The third-order valence-electron chi connectivity index (χ3n) is 4.10. The highest BCUT2D eigenvalue weighted by Crippen LogP contribution is 2.21. The van der Waals surface area contributed by atoms with Gasteiger partial charge in [-0.2, -0.15) is 0 Å². The molecule has 8 heteroatoms. The Hall–Kier alpha value is -3.66. The Balaban J connectivity index is 1.44. The number of anilines is 2. The van der Waals surface area contributed by atoms with Gasteiger partial charge in [0.1, 0.15) is 11.5 Å². The maximum Gasteiger partial charge on any atom is 0.262 e. The van der Waals surface area contributed by atoms with E-state index in [9.17, 15) is 9.59 Å². The average Bonchev–Trinajstić information content (AvgIpc) is 2.79. The van der Waals surface area contributed by atoms with Gasteiger partial charge < -0.3 is 20.1 Å². The third-order valence-corrected chi connectivity index (χ3v) is 4.68. The fourth-order valence-electron chi connectivity index (χ4n) is 2.56. The summed E-state index contributed by atoms with van der Waals surface area (Å²) in [4.78, 5) is 24.1. The molecule has 0 aliphatic carbocycles. The molecule has 0 aliphatic heterocycles. The number of carbonyl (C=O) groups is 2. The Labute approximate surface area is 195 Å². The monoisotopic (exact) mass is 468 g/mol. The minimum absolute atomic E-state index is 0.149. The first kappa shape index (κ1) is 23.0. The van der Waals surface area contributed by atoms with Crippen LogP contribution >= 0.6 is 23.2 Å². The highest BCUT2D eigenvalue weighted by molar-refractivity contribution is 6.31. The first-order valence-electron chi connectivity index (χ1n) is 9.40. The summed E-state index contributed by atoms with van der Waals surface area (Å²) in [6.07, 6.45) is 5.36. The van der Waals surface area contributed by atoms with Crippen LogP contribution in [0.5, 0.6) is 11.5 Å². The Morgan fingerprint density at radius 2 is 1.28 bits per heavy atom. The third kappa shape index (κ3) is 6.95. The zero-order chi connectivity index (χ0) is 22.9.